The fraction of sp³-hybridized carbons (Fsp3) is 0.636. The van der Waals surface area contributed by atoms with Gasteiger partial charge in [0.25, 0.3) is 5.91 Å². The second kappa shape index (κ2) is 9.38. The summed E-state index contributed by atoms with van der Waals surface area (Å²) < 4.78 is 4.90. The van der Waals surface area contributed by atoms with Crippen molar-refractivity contribution < 1.29 is 24.5 Å². The quantitative estimate of drug-likeness (QED) is 0.465. The van der Waals surface area contributed by atoms with Crippen LogP contribution in [0.2, 0.25) is 0 Å². The number of aliphatic hydroxyl groups excluding tert-OH is 2. The van der Waals surface area contributed by atoms with E-state index < -0.39 is 11.5 Å². The van der Waals surface area contributed by atoms with E-state index in [1.807, 2.05) is 6.92 Å². The summed E-state index contributed by atoms with van der Waals surface area (Å²) in [7, 11) is 1.45. The van der Waals surface area contributed by atoms with Gasteiger partial charge in [0.15, 0.2) is 10.3 Å². The average molecular weight is 495 g/mol. The van der Waals surface area contributed by atoms with Crippen LogP contribution < -0.4 is 10.6 Å². The normalized spacial score (nSPS) is 30.9. The molecule has 2 aliphatic rings. The number of hydrogen-bond acceptors (Lipinski definition) is 9. The van der Waals surface area contributed by atoms with E-state index in [4.69, 9.17) is 9.72 Å². The lowest BCUT2D eigenvalue weighted by Gasteiger charge is -2.58. The molecule has 180 valence electrons. The highest BCUT2D eigenvalue weighted by Gasteiger charge is 2.59. The zero-order valence-corrected chi connectivity index (χ0v) is 20.6. The van der Waals surface area contributed by atoms with Crippen molar-refractivity contribution in [2.45, 2.75) is 51.6 Å². The van der Waals surface area contributed by atoms with Crippen molar-refractivity contribution in [3.05, 3.63) is 22.1 Å². The number of ether oxygens (including phenoxy) is 1. The number of carbonyl (C=O) groups is 2. The van der Waals surface area contributed by atoms with Crippen molar-refractivity contribution >= 4 is 44.8 Å². The number of rotatable bonds is 7. The van der Waals surface area contributed by atoms with Crippen LogP contribution in [0.4, 0.5) is 10.3 Å². The SMILES string of the molecule is COCC(=O)Nc1nc2c(s1)CC1C(C)(CO)C(O)CCC1(C)C2CC(=O)Nc1nccs1. The Morgan fingerprint density at radius 2 is 2.03 bits per heavy atom. The third-order valence-corrected chi connectivity index (χ3v) is 9.18. The molecular formula is C22H30N4O5S2. The Balaban J connectivity index is 1.70. The highest BCUT2D eigenvalue weighted by Crippen LogP contribution is 2.62. The van der Waals surface area contributed by atoms with Crippen LogP contribution >= 0.6 is 22.7 Å². The summed E-state index contributed by atoms with van der Waals surface area (Å²) >= 11 is 2.75. The average Bonchev–Trinajstić information content (AvgIpc) is 3.42. The Morgan fingerprint density at radius 1 is 1.27 bits per heavy atom. The molecule has 4 N–H and O–H groups in total. The molecule has 5 atom stereocenters. The molecule has 2 aromatic heterocycles. The van der Waals surface area contributed by atoms with Crippen LogP contribution in [0.15, 0.2) is 11.6 Å². The number of aromatic nitrogens is 2. The lowest BCUT2D eigenvalue weighted by atomic mass is 9.47. The van der Waals surface area contributed by atoms with Gasteiger partial charge >= 0.3 is 0 Å². The minimum Gasteiger partial charge on any atom is -0.396 e. The molecule has 2 aromatic rings. The van der Waals surface area contributed by atoms with Crippen molar-refractivity contribution in [2.24, 2.45) is 16.7 Å². The van der Waals surface area contributed by atoms with E-state index in [0.29, 0.717) is 29.5 Å². The lowest BCUT2D eigenvalue weighted by Crippen LogP contribution is -2.57. The summed E-state index contributed by atoms with van der Waals surface area (Å²) in [5.74, 6) is -0.723. The second-order valence-electron chi connectivity index (χ2n) is 9.43. The van der Waals surface area contributed by atoms with E-state index in [-0.39, 0.29) is 48.7 Å². The van der Waals surface area contributed by atoms with E-state index in [1.54, 1.807) is 11.6 Å². The number of nitrogens with one attached hydrogen (secondary N) is 2. The fourth-order valence-corrected chi connectivity index (χ4v) is 7.26. The standard InChI is InChI=1S/C22H30N4O5S2/c1-21-5-4-15(28)22(2,11-27)14(21)9-13-18(26-20(33-13)25-17(30)10-31-3)12(21)8-16(29)24-19-23-6-7-32-19/h6-7,12,14-15,27-28H,4-5,8-11H2,1-3H3,(H,23,24,29)(H,25,26,30). The Labute approximate surface area is 200 Å². The molecule has 33 heavy (non-hydrogen) atoms. The van der Waals surface area contributed by atoms with Gasteiger partial charge < -0.3 is 20.3 Å². The number of fused-ring (bicyclic) bond motifs is 2. The Morgan fingerprint density at radius 3 is 2.70 bits per heavy atom. The van der Waals surface area contributed by atoms with Crippen LogP contribution in [-0.2, 0) is 20.7 Å². The van der Waals surface area contributed by atoms with Gasteiger partial charge in [-0.1, -0.05) is 13.8 Å². The van der Waals surface area contributed by atoms with Gasteiger partial charge in [0, 0.05) is 41.3 Å². The number of hydrogen-bond donors (Lipinski definition) is 4. The summed E-state index contributed by atoms with van der Waals surface area (Å²) in [6.45, 7) is 3.86. The molecule has 1 saturated carbocycles. The largest absolute Gasteiger partial charge is 0.396 e. The monoisotopic (exact) mass is 494 g/mol. The van der Waals surface area contributed by atoms with E-state index in [1.165, 1.54) is 29.8 Å². The predicted molar refractivity (Wildman–Crippen MR) is 126 cm³/mol. The Kier molecular flexibility index (Phi) is 6.88. The summed E-state index contributed by atoms with van der Waals surface area (Å²) in [5.41, 5.74) is -0.235. The van der Waals surface area contributed by atoms with Crippen molar-refractivity contribution in [3.8, 4) is 0 Å². The molecule has 0 saturated heterocycles. The maximum absolute atomic E-state index is 13.0. The first-order valence-corrected chi connectivity index (χ1v) is 12.7. The summed E-state index contributed by atoms with van der Waals surface area (Å²) in [4.78, 5) is 34.9. The predicted octanol–water partition coefficient (Wildman–Crippen LogP) is 2.63. The van der Waals surface area contributed by atoms with Crippen LogP contribution in [0.1, 0.15) is 49.6 Å². The van der Waals surface area contributed by atoms with Crippen LogP contribution in [0.3, 0.4) is 0 Å². The first-order chi connectivity index (χ1) is 15.7. The van der Waals surface area contributed by atoms with Gasteiger partial charge in [-0.25, -0.2) is 9.97 Å². The van der Waals surface area contributed by atoms with E-state index >= 15 is 0 Å². The molecule has 0 aromatic carbocycles. The molecule has 2 aliphatic carbocycles. The van der Waals surface area contributed by atoms with Crippen LogP contribution in [0, 0.1) is 16.7 Å². The molecule has 0 radical (unpaired) electrons. The Hall–Kier alpha value is -1.92. The second-order valence-corrected chi connectivity index (χ2v) is 11.4. The minimum absolute atomic E-state index is 0.0492. The van der Waals surface area contributed by atoms with Crippen molar-refractivity contribution in [3.63, 3.8) is 0 Å². The highest BCUT2D eigenvalue weighted by molar-refractivity contribution is 7.16. The molecule has 0 aliphatic heterocycles. The molecule has 5 unspecified atom stereocenters. The fourth-order valence-electron chi connectivity index (χ4n) is 5.63. The van der Waals surface area contributed by atoms with Gasteiger partial charge in [0.2, 0.25) is 5.91 Å². The zero-order chi connectivity index (χ0) is 23.8. The maximum Gasteiger partial charge on any atom is 0.252 e. The third-order valence-electron chi connectivity index (χ3n) is 7.48. The Bertz CT molecular complexity index is 1010. The van der Waals surface area contributed by atoms with Crippen LogP contribution in [0.5, 0.6) is 0 Å². The number of nitrogens with zero attached hydrogens (tertiary/aromatic N) is 2. The van der Waals surface area contributed by atoms with Gasteiger partial charge in [0.05, 0.1) is 18.4 Å². The lowest BCUT2D eigenvalue weighted by molar-refractivity contribution is -0.143. The van der Waals surface area contributed by atoms with Gasteiger partial charge in [-0.05, 0) is 30.6 Å². The molecule has 2 amide bonds. The molecule has 1 fully saturated rings. The van der Waals surface area contributed by atoms with E-state index in [0.717, 1.165) is 10.6 Å². The molecule has 0 bridgehead atoms. The molecule has 2 heterocycles. The van der Waals surface area contributed by atoms with Crippen LogP contribution in [-0.4, -0.2) is 58.4 Å². The van der Waals surface area contributed by atoms with E-state index in [2.05, 4.69) is 22.5 Å². The van der Waals surface area contributed by atoms with Crippen molar-refractivity contribution in [1.82, 2.24) is 9.97 Å². The summed E-state index contributed by atoms with van der Waals surface area (Å²) in [6.07, 6.45) is 3.11. The molecule has 11 heteroatoms. The first kappa shape index (κ1) is 24.2. The number of thiazole rings is 2. The van der Waals surface area contributed by atoms with Crippen LogP contribution in [0.25, 0.3) is 0 Å². The topological polar surface area (TPSA) is 134 Å². The van der Waals surface area contributed by atoms with Gasteiger partial charge in [-0.15, -0.1) is 22.7 Å². The zero-order valence-electron chi connectivity index (χ0n) is 19.0. The highest BCUT2D eigenvalue weighted by atomic mass is 32.1. The number of aliphatic hydroxyl groups is 2. The third kappa shape index (κ3) is 4.44. The number of methoxy groups -OCH3 is 1. The van der Waals surface area contributed by atoms with Crippen molar-refractivity contribution in [2.75, 3.05) is 31.0 Å². The van der Waals surface area contributed by atoms with Gasteiger partial charge in [-0.2, -0.15) is 0 Å². The number of anilines is 2. The van der Waals surface area contributed by atoms with Gasteiger partial charge in [-0.3, -0.25) is 14.9 Å². The summed E-state index contributed by atoms with van der Waals surface area (Å²) in [6, 6.07) is 0. The number of carbonyl (C=O) groups excluding carboxylic acids is 2. The minimum atomic E-state index is -0.696. The molecular weight excluding hydrogens is 464 g/mol. The molecule has 0 spiro atoms. The van der Waals surface area contributed by atoms with E-state index in [9.17, 15) is 19.8 Å². The number of amides is 2. The first-order valence-electron chi connectivity index (χ1n) is 11.0. The van der Waals surface area contributed by atoms with Gasteiger partial charge in [0.1, 0.15) is 6.61 Å². The summed E-state index contributed by atoms with van der Waals surface area (Å²) in [5, 5.41) is 29.6. The molecule has 4 rings (SSSR count). The smallest absolute Gasteiger partial charge is 0.252 e. The molecule has 9 nitrogen and oxygen atoms in total. The van der Waals surface area contributed by atoms with Crippen molar-refractivity contribution in [1.29, 1.82) is 0 Å². The maximum atomic E-state index is 13.0.